The Kier molecular flexibility index (Phi) is 8.30. The van der Waals surface area contributed by atoms with Gasteiger partial charge in [0.25, 0.3) is 0 Å². The van der Waals surface area contributed by atoms with E-state index in [4.69, 9.17) is 14.7 Å². The number of nitrogens with zero attached hydrogens (tertiary/aromatic N) is 2. The van der Waals surface area contributed by atoms with Crippen molar-refractivity contribution in [3.63, 3.8) is 0 Å². The monoisotopic (exact) mass is 720 g/mol. The molecular formula is C51H36N4O. The van der Waals surface area contributed by atoms with Crippen molar-refractivity contribution in [2.24, 2.45) is 0 Å². The third-order valence-electron chi connectivity index (χ3n) is 10.5. The Balaban J connectivity index is 1.44. The van der Waals surface area contributed by atoms with Crippen molar-refractivity contribution in [1.29, 1.82) is 0 Å². The number of hydrogen-bond donors (Lipinski definition) is 2. The smallest absolute Gasteiger partial charge is 0.126 e. The predicted octanol–water partition coefficient (Wildman–Crippen LogP) is 12.8. The van der Waals surface area contributed by atoms with E-state index in [1.165, 1.54) is 0 Å². The molecule has 5 heteroatoms. The minimum absolute atomic E-state index is 0.779. The first kappa shape index (κ1) is 33.1. The second kappa shape index (κ2) is 14.0. The fourth-order valence-electron chi connectivity index (χ4n) is 7.99. The second-order valence-corrected chi connectivity index (χ2v) is 13.9. The first-order valence-corrected chi connectivity index (χ1v) is 18.8. The molecule has 3 aromatic heterocycles. The van der Waals surface area contributed by atoms with Gasteiger partial charge in [-0.3, -0.25) is 0 Å². The van der Waals surface area contributed by atoms with Gasteiger partial charge in [-0.2, -0.15) is 0 Å². The van der Waals surface area contributed by atoms with Gasteiger partial charge >= 0.3 is 0 Å². The van der Waals surface area contributed by atoms with E-state index in [-0.39, 0.29) is 0 Å². The number of fused-ring (bicyclic) bond motifs is 8. The summed E-state index contributed by atoms with van der Waals surface area (Å²) >= 11 is 0. The van der Waals surface area contributed by atoms with E-state index in [2.05, 4.69) is 174 Å². The maximum Gasteiger partial charge on any atom is 0.126 e. The molecule has 0 radical (unpaired) electrons. The summed E-state index contributed by atoms with van der Waals surface area (Å²) in [5.74, 6) is 0.779. The van der Waals surface area contributed by atoms with Crippen LogP contribution in [0.4, 0.5) is 0 Å². The van der Waals surface area contributed by atoms with Crippen LogP contribution in [0.2, 0.25) is 0 Å². The average Bonchev–Trinajstić information content (AvgIpc) is 4.10. The molecule has 0 aliphatic carbocycles. The molecule has 0 amide bonds. The van der Waals surface area contributed by atoms with Gasteiger partial charge in [0.05, 0.1) is 29.9 Å². The normalized spacial score (nSPS) is 12.1. The van der Waals surface area contributed by atoms with Crippen molar-refractivity contribution >= 4 is 45.9 Å². The van der Waals surface area contributed by atoms with Gasteiger partial charge < -0.3 is 14.7 Å². The van der Waals surface area contributed by atoms with E-state index in [0.29, 0.717) is 0 Å². The lowest BCUT2D eigenvalue weighted by Crippen LogP contribution is -1.95. The van der Waals surface area contributed by atoms with Gasteiger partial charge in [0.15, 0.2) is 0 Å². The topological polar surface area (TPSA) is 66.6 Å². The van der Waals surface area contributed by atoms with Crippen LogP contribution in [0.3, 0.4) is 0 Å². The second-order valence-electron chi connectivity index (χ2n) is 13.9. The number of aromatic amines is 2. The van der Waals surface area contributed by atoms with Crippen LogP contribution in [0.1, 0.15) is 28.3 Å². The maximum absolute atomic E-state index is 6.01. The quantitative estimate of drug-likeness (QED) is 0.180. The van der Waals surface area contributed by atoms with Crippen molar-refractivity contribution in [1.82, 2.24) is 19.9 Å². The summed E-state index contributed by atoms with van der Waals surface area (Å²) in [7, 11) is 1.73. The van der Waals surface area contributed by atoms with Gasteiger partial charge in [-0.15, -0.1) is 0 Å². The molecule has 56 heavy (non-hydrogen) atoms. The SMILES string of the molecule is COc1ccccc1C1=Cc2nc1c(-c1ccccc1)c1ccc([nH]1)c(-c1ccccc1)c1nc(c(-c3ccccc3)c3ccc([nH]3)c2-c2ccccc2)C=C1. The molecule has 0 unspecified atom stereocenters. The van der Waals surface area contributed by atoms with Gasteiger partial charge in [0, 0.05) is 55.5 Å². The van der Waals surface area contributed by atoms with Crippen molar-refractivity contribution in [3.05, 3.63) is 198 Å². The van der Waals surface area contributed by atoms with Crippen LogP contribution in [0.25, 0.3) is 90.4 Å². The molecule has 266 valence electrons. The molecule has 10 rings (SSSR count). The summed E-state index contributed by atoms with van der Waals surface area (Å²) in [6.45, 7) is 0. The van der Waals surface area contributed by atoms with Crippen molar-refractivity contribution in [3.8, 4) is 50.3 Å². The Morgan fingerprint density at radius 3 is 1.25 bits per heavy atom. The molecule has 5 nitrogen and oxygen atoms in total. The number of para-hydroxylation sites is 1. The molecule has 2 N–H and O–H groups in total. The number of nitrogens with one attached hydrogen (secondary N) is 2. The predicted molar refractivity (Wildman–Crippen MR) is 232 cm³/mol. The molecule has 5 aromatic carbocycles. The Morgan fingerprint density at radius 2 is 0.786 bits per heavy atom. The van der Waals surface area contributed by atoms with Gasteiger partial charge in [0.1, 0.15) is 5.75 Å². The number of aromatic nitrogens is 4. The summed E-state index contributed by atoms with van der Waals surface area (Å²) in [6, 6.07) is 58.9. The van der Waals surface area contributed by atoms with Crippen molar-refractivity contribution in [2.75, 3.05) is 7.11 Å². The van der Waals surface area contributed by atoms with Crippen LogP contribution < -0.4 is 4.74 Å². The first-order chi connectivity index (χ1) is 27.7. The summed E-state index contributed by atoms with van der Waals surface area (Å²) in [5.41, 5.74) is 17.5. The Morgan fingerprint density at radius 1 is 0.393 bits per heavy atom. The highest BCUT2D eigenvalue weighted by Gasteiger charge is 2.25. The molecular weight excluding hydrogens is 685 g/mol. The third kappa shape index (κ3) is 5.83. The number of methoxy groups -OCH3 is 1. The Labute approximate surface area is 325 Å². The van der Waals surface area contributed by atoms with Crippen molar-refractivity contribution < 1.29 is 4.74 Å². The van der Waals surface area contributed by atoms with Gasteiger partial charge in [-0.1, -0.05) is 140 Å². The van der Waals surface area contributed by atoms with Crippen LogP contribution in [0.15, 0.2) is 170 Å². The fourth-order valence-corrected chi connectivity index (χ4v) is 7.99. The zero-order valence-electron chi connectivity index (χ0n) is 30.7. The molecule has 2 aliphatic heterocycles. The number of benzene rings is 5. The van der Waals surface area contributed by atoms with Gasteiger partial charge in [-0.25, -0.2) is 9.97 Å². The minimum atomic E-state index is 0.779. The highest BCUT2D eigenvalue weighted by molar-refractivity contribution is 6.06. The highest BCUT2D eigenvalue weighted by atomic mass is 16.5. The van der Waals surface area contributed by atoms with Crippen LogP contribution in [0.5, 0.6) is 5.75 Å². The van der Waals surface area contributed by atoms with Crippen LogP contribution >= 0.6 is 0 Å². The third-order valence-corrected chi connectivity index (χ3v) is 10.5. The summed E-state index contributed by atoms with van der Waals surface area (Å²) in [5, 5.41) is 0. The number of rotatable bonds is 6. The molecule has 0 spiro atoms. The first-order valence-electron chi connectivity index (χ1n) is 18.8. The standard InChI is InChI=1S/C51H36N4O/c1-56-46-25-15-14-24-37(46)38-32-45-49(35-20-10-4-11-21-35)43-29-28-41(53-43)47(33-16-6-2-7-17-33)39-26-27-40(52-39)48(34-18-8-3-9-19-34)42-30-31-44(54-42)50(51(38)55-45)36-22-12-5-13-23-36/h2-32,53-54H,1H3. The van der Waals surface area contributed by atoms with E-state index >= 15 is 0 Å². The van der Waals surface area contributed by atoms with E-state index < -0.39 is 0 Å². The zero-order valence-corrected chi connectivity index (χ0v) is 30.7. The molecule has 5 heterocycles. The lowest BCUT2D eigenvalue weighted by atomic mass is 9.94. The number of H-pyrrole nitrogens is 2. The van der Waals surface area contributed by atoms with Crippen LogP contribution in [-0.2, 0) is 0 Å². The lowest BCUT2D eigenvalue weighted by Gasteiger charge is -2.12. The van der Waals surface area contributed by atoms with Gasteiger partial charge in [-0.05, 0) is 70.8 Å². The summed E-state index contributed by atoms with van der Waals surface area (Å²) in [4.78, 5) is 18.8. The molecule has 8 aromatic rings. The number of hydrogen-bond acceptors (Lipinski definition) is 3. The largest absolute Gasteiger partial charge is 0.496 e. The zero-order chi connectivity index (χ0) is 37.4. The van der Waals surface area contributed by atoms with E-state index in [1.807, 2.05) is 24.3 Å². The Hall–Kier alpha value is -7.50. The summed E-state index contributed by atoms with van der Waals surface area (Å²) < 4.78 is 6.01. The molecule has 0 atom stereocenters. The molecule has 2 aliphatic rings. The summed E-state index contributed by atoms with van der Waals surface area (Å²) in [6.07, 6.45) is 6.49. The van der Waals surface area contributed by atoms with E-state index in [9.17, 15) is 0 Å². The molecule has 0 saturated heterocycles. The lowest BCUT2D eigenvalue weighted by molar-refractivity contribution is 0.413. The van der Waals surface area contributed by atoms with Crippen molar-refractivity contribution in [2.45, 2.75) is 0 Å². The minimum Gasteiger partial charge on any atom is -0.496 e. The number of ether oxygens (including phenoxy) is 1. The average molecular weight is 721 g/mol. The van der Waals surface area contributed by atoms with E-state index in [1.54, 1.807) is 7.11 Å². The molecule has 0 fully saturated rings. The maximum atomic E-state index is 6.01. The van der Waals surface area contributed by atoms with Crippen LogP contribution in [-0.4, -0.2) is 27.0 Å². The molecule has 8 bridgehead atoms. The highest BCUT2D eigenvalue weighted by Crippen LogP contribution is 2.43. The van der Waals surface area contributed by atoms with E-state index in [0.717, 1.165) is 106 Å². The Bertz CT molecular complexity index is 2980. The van der Waals surface area contributed by atoms with Crippen LogP contribution in [0, 0.1) is 0 Å². The molecule has 0 saturated carbocycles. The fraction of sp³-hybridized carbons (Fsp3) is 0.0196. The van der Waals surface area contributed by atoms with Gasteiger partial charge in [0.2, 0.25) is 0 Å².